The van der Waals surface area contributed by atoms with Crippen molar-refractivity contribution in [3.8, 4) is 0 Å². The molecule has 0 radical (unpaired) electrons. The molecule has 2 aromatic heterocycles. The van der Waals surface area contributed by atoms with Crippen LogP contribution in [0.15, 0.2) is 18.3 Å². The van der Waals surface area contributed by atoms with Gasteiger partial charge in [-0.1, -0.05) is 0 Å². The molecular formula is C6H3ClIN3. The van der Waals surface area contributed by atoms with Crippen molar-refractivity contribution >= 4 is 39.7 Å². The number of aromatic nitrogens is 3. The average Bonchev–Trinajstić information content (AvgIpc) is 2.33. The second-order valence-corrected chi connectivity index (χ2v) is 3.46. The van der Waals surface area contributed by atoms with Gasteiger partial charge in [0.1, 0.15) is 3.70 Å². The smallest absolute Gasteiger partial charge is 0.223 e. The van der Waals surface area contributed by atoms with E-state index in [0.717, 1.165) is 9.22 Å². The van der Waals surface area contributed by atoms with E-state index >= 15 is 0 Å². The van der Waals surface area contributed by atoms with E-state index in [1.165, 1.54) is 0 Å². The van der Waals surface area contributed by atoms with Gasteiger partial charge in [-0.3, -0.25) is 0 Å². The van der Waals surface area contributed by atoms with Crippen molar-refractivity contribution in [3.05, 3.63) is 27.3 Å². The van der Waals surface area contributed by atoms with Crippen molar-refractivity contribution in [1.82, 2.24) is 14.6 Å². The summed E-state index contributed by atoms with van der Waals surface area (Å²) >= 11 is 7.79. The molecule has 0 atom stereocenters. The van der Waals surface area contributed by atoms with Crippen LogP contribution < -0.4 is 0 Å². The normalized spacial score (nSPS) is 10.7. The fraction of sp³-hybridized carbons (Fsp3) is 0. The lowest BCUT2D eigenvalue weighted by molar-refractivity contribution is 0.884. The van der Waals surface area contributed by atoms with Crippen molar-refractivity contribution in [3.63, 3.8) is 0 Å². The van der Waals surface area contributed by atoms with Gasteiger partial charge in [0.25, 0.3) is 0 Å². The minimum atomic E-state index is 0.270. The minimum absolute atomic E-state index is 0.270. The van der Waals surface area contributed by atoms with E-state index in [2.05, 4.69) is 32.7 Å². The second kappa shape index (κ2) is 2.60. The molecule has 0 saturated carbocycles. The lowest BCUT2D eigenvalue weighted by Gasteiger charge is -1.93. The van der Waals surface area contributed by atoms with Gasteiger partial charge in [0.15, 0.2) is 0 Å². The van der Waals surface area contributed by atoms with Gasteiger partial charge < -0.3 is 0 Å². The molecule has 0 unspecified atom stereocenters. The van der Waals surface area contributed by atoms with Crippen LogP contribution in [0.3, 0.4) is 0 Å². The van der Waals surface area contributed by atoms with Gasteiger partial charge in [-0.2, -0.15) is 0 Å². The Labute approximate surface area is 81.5 Å². The first-order valence-corrected chi connectivity index (χ1v) is 4.39. The summed E-state index contributed by atoms with van der Waals surface area (Å²) in [6.07, 6.45) is 1.69. The summed E-state index contributed by atoms with van der Waals surface area (Å²) in [7, 11) is 0. The van der Waals surface area contributed by atoms with E-state index in [9.17, 15) is 0 Å². The Kier molecular flexibility index (Phi) is 1.72. The van der Waals surface area contributed by atoms with Crippen molar-refractivity contribution < 1.29 is 0 Å². The quantitative estimate of drug-likeness (QED) is 0.690. The molecule has 5 heteroatoms. The third-order valence-electron chi connectivity index (χ3n) is 1.32. The molecule has 0 aliphatic carbocycles. The molecule has 0 spiro atoms. The second-order valence-electron chi connectivity index (χ2n) is 2.02. The van der Waals surface area contributed by atoms with Crippen LogP contribution in [-0.4, -0.2) is 14.6 Å². The van der Waals surface area contributed by atoms with Gasteiger partial charge >= 0.3 is 0 Å². The molecule has 2 heterocycles. The predicted molar refractivity (Wildman–Crippen MR) is 50.7 cm³/mol. The minimum Gasteiger partial charge on any atom is -0.223 e. The number of halogens is 2. The average molecular weight is 279 g/mol. The van der Waals surface area contributed by atoms with Crippen molar-refractivity contribution in [2.75, 3.05) is 0 Å². The fourth-order valence-electron chi connectivity index (χ4n) is 0.850. The van der Waals surface area contributed by atoms with Crippen molar-refractivity contribution in [2.24, 2.45) is 0 Å². The largest absolute Gasteiger partial charge is 0.241 e. The number of nitrogens with zero attached hydrogens (tertiary/aromatic N) is 3. The number of hydrogen-bond donors (Lipinski definition) is 0. The van der Waals surface area contributed by atoms with E-state index in [1.807, 2.05) is 12.1 Å². The van der Waals surface area contributed by atoms with Gasteiger partial charge in [-0.25, -0.2) is 9.50 Å². The van der Waals surface area contributed by atoms with Crippen LogP contribution in [0.2, 0.25) is 5.28 Å². The Morgan fingerprint density at radius 2 is 2.27 bits per heavy atom. The molecule has 56 valence electrons. The SMILES string of the molecule is Clc1ncc2ccc(I)n2n1. The molecule has 0 amide bonds. The first-order chi connectivity index (χ1) is 5.27. The molecular weight excluding hydrogens is 276 g/mol. The fourth-order valence-corrected chi connectivity index (χ4v) is 1.54. The highest BCUT2D eigenvalue weighted by Gasteiger charge is 1.99. The third kappa shape index (κ3) is 1.20. The Hall–Kier alpha value is -0.360. The Balaban J connectivity index is 2.87. The summed E-state index contributed by atoms with van der Waals surface area (Å²) in [4.78, 5) is 3.85. The van der Waals surface area contributed by atoms with Crippen LogP contribution >= 0.6 is 34.2 Å². The molecule has 0 bridgehead atoms. The summed E-state index contributed by atoms with van der Waals surface area (Å²) < 4.78 is 2.78. The van der Waals surface area contributed by atoms with E-state index in [-0.39, 0.29) is 5.28 Å². The lowest BCUT2D eigenvalue weighted by atomic mass is 10.5. The van der Waals surface area contributed by atoms with Crippen LogP contribution in [0.4, 0.5) is 0 Å². The van der Waals surface area contributed by atoms with Gasteiger partial charge in [0.05, 0.1) is 11.7 Å². The molecule has 3 nitrogen and oxygen atoms in total. The van der Waals surface area contributed by atoms with Gasteiger partial charge in [0.2, 0.25) is 5.28 Å². The molecule has 0 aliphatic rings. The standard InChI is InChI=1S/C6H3ClIN3/c7-6-9-3-4-1-2-5(8)11(4)10-6/h1-3H. The number of hydrogen-bond acceptors (Lipinski definition) is 2. The highest BCUT2D eigenvalue weighted by molar-refractivity contribution is 14.1. The van der Waals surface area contributed by atoms with E-state index in [0.29, 0.717) is 0 Å². The van der Waals surface area contributed by atoms with Crippen LogP contribution in [-0.2, 0) is 0 Å². The zero-order valence-electron chi connectivity index (χ0n) is 5.33. The topological polar surface area (TPSA) is 30.2 Å². The maximum atomic E-state index is 5.60. The molecule has 0 aromatic carbocycles. The Bertz CT molecular complexity index is 398. The highest BCUT2D eigenvalue weighted by atomic mass is 127. The molecule has 2 rings (SSSR count). The first-order valence-electron chi connectivity index (χ1n) is 2.93. The van der Waals surface area contributed by atoms with Crippen LogP contribution in [0.25, 0.3) is 5.52 Å². The summed E-state index contributed by atoms with van der Waals surface area (Å²) in [5, 5.41) is 4.27. The van der Waals surface area contributed by atoms with Crippen LogP contribution in [0.1, 0.15) is 0 Å². The summed E-state index contributed by atoms with van der Waals surface area (Å²) in [6, 6.07) is 3.90. The monoisotopic (exact) mass is 279 g/mol. The Morgan fingerprint density at radius 1 is 1.45 bits per heavy atom. The van der Waals surface area contributed by atoms with E-state index in [1.54, 1.807) is 10.7 Å². The molecule has 0 aliphatic heterocycles. The summed E-state index contributed by atoms with van der Waals surface area (Å²) in [5.74, 6) is 0. The van der Waals surface area contributed by atoms with Gasteiger partial charge in [-0.15, -0.1) is 5.10 Å². The number of fused-ring (bicyclic) bond motifs is 1. The number of rotatable bonds is 0. The maximum Gasteiger partial charge on any atom is 0.241 e. The molecule has 0 fully saturated rings. The third-order valence-corrected chi connectivity index (χ3v) is 2.31. The molecule has 0 saturated heterocycles. The Morgan fingerprint density at radius 3 is 3.09 bits per heavy atom. The van der Waals surface area contributed by atoms with Gasteiger partial charge in [0, 0.05) is 0 Å². The lowest BCUT2D eigenvalue weighted by Crippen LogP contribution is -1.94. The first kappa shape index (κ1) is 7.30. The van der Waals surface area contributed by atoms with Crippen molar-refractivity contribution in [2.45, 2.75) is 0 Å². The molecule has 0 N–H and O–H groups in total. The zero-order valence-corrected chi connectivity index (χ0v) is 8.24. The summed E-state index contributed by atoms with van der Waals surface area (Å²) in [6.45, 7) is 0. The van der Waals surface area contributed by atoms with Crippen LogP contribution in [0, 0.1) is 3.70 Å². The maximum absolute atomic E-state index is 5.60. The molecule has 2 aromatic rings. The summed E-state index contributed by atoms with van der Waals surface area (Å²) in [5.41, 5.74) is 0.957. The van der Waals surface area contributed by atoms with Gasteiger partial charge in [-0.05, 0) is 46.3 Å². The highest BCUT2D eigenvalue weighted by Crippen LogP contribution is 2.10. The van der Waals surface area contributed by atoms with Crippen molar-refractivity contribution in [1.29, 1.82) is 0 Å². The molecule has 11 heavy (non-hydrogen) atoms. The predicted octanol–water partition coefficient (Wildman–Crippen LogP) is 1.99. The zero-order chi connectivity index (χ0) is 7.84. The van der Waals surface area contributed by atoms with Crippen LogP contribution in [0.5, 0.6) is 0 Å². The van der Waals surface area contributed by atoms with E-state index in [4.69, 9.17) is 11.6 Å². The van der Waals surface area contributed by atoms with E-state index < -0.39 is 0 Å².